The van der Waals surface area contributed by atoms with Gasteiger partial charge in [0.2, 0.25) is 11.7 Å². The van der Waals surface area contributed by atoms with Crippen molar-refractivity contribution in [3.8, 4) is 11.4 Å². The first-order valence-corrected chi connectivity index (χ1v) is 9.24. The second-order valence-electron chi connectivity index (χ2n) is 6.06. The summed E-state index contributed by atoms with van der Waals surface area (Å²) < 4.78 is 0.884. The van der Waals surface area contributed by atoms with E-state index in [-0.39, 0.29) is 18.5 Å². The molecule has 2 aromatic carbocycles. The molecule has 1 N–H and O–H groups in total. The Labute approximate surface area is 160 Å². The van der Waals surface area contributed by atoms with Gasteiger partial charge in [0.15, 0.2) is 0 Å². The second kappa shape index (κ2) is 8.23. The Hall–Kier alpha value is -2.54. The molecule has 0 bridgehead atoms. The van der Waals surface area contributed by atoms with E-state index < -0.39 is 0 Å². The second-order valence-corrected chi connectivity index (χ2v) is 6.92. The Bertz CT molecular complexity index is 891. The Balaban J connectivity index is 1.66. The van der Waals surface area contributed by atoms with Crippen LogP contribution in [0.25, 0.3) is 11.4 Å². The molecule has 134 valence electrons. The molecule has 0 radical (unpaired) electrons. The first-order valence-electron chi connectivity index (χ1n) is 8.45. The zero-order valence-electron chi connectivity index (χ0n) is 14.7. The molecule has 0 saturated carbocycles. The number of hydrogen-bond acceptors (Lipinski definition) is 4. The van der Waals surface area contributed by atoms with Crippen molar-refractivity contribution < 1.29 is 4.79 Å². The van der Waals surface area contributed by atoms with Crippen LogP contribution in [0.3, 0.4) is 0 Å². The Morgan fingerprint density at radius 3 is 2.62 bits per heavy atom. The lowest BCUT2D eigenvalue weighted by Gasteiger charge is -2.17. The van der Waals surface area contributed by atoms with E-state index in [1.165, 1.54) is 10.4 Å². The summed E-state index contributed by atoms with van der Waals surface area (Å²) in [6.07, 6.45) is 0.807. The van der Waals surface area contributed by atoms with Crippen LogP contribution < -0.4 is 5.32 Å². The third kappa shape index (κ3) is 4.35. The molecule has 1 heterocycles. The number of amides is 1. The van der Waals surface area contributed by atoms with Crippen molar-refractivity contribution in [2.45, 2.75) is 32.9 Å². The normalized spacial score (nSPS) is 12.0. The fraction of sp³-hybridized carbons (Fsp3) is 0.263. The molecule has 0 saturated heterocycles. The number of hydrogen-bond donors (Lipinski definition) is 1. The zero-order valence-corrected chi connectivity index (χ0v) is 16.3. The standard InChI is InChI=1S/C19H20BrN5O/c1-3-17(14-10-8-13(2)9-11-14)21-18(26)12-25-23-19(22-24-25)15-6-4-5-7-16(15)20/h4-11,17H,3,12H2,1-2H3,(H,21,26)/t17-/m1/s1. The minimum Gasteiger partial charge on any atom is -0.348 e. The van der Waals surface area contributed by atoms with Crippen LogP contribution in [0.5, 0.6) is 0 Å². The first-order chi connectivity index (χ1) is 12.6. The topological polar surface area (TPSA) is 72.7 Å². The molecular weight excluding hydrogens is 394 g/mol. The van der Waals surface area contributed by atoms with Crippen LogP contribution in [0, 0.1) is 6.92 Å². The molecule has 0 unspecified atom stereocenters. The van der Waals surface area contributed by atoms with E-state index >= 15 is 0 Å². The van der Waals surface area contributed by atoms with E-state index in [2.05, 4.69) is 36.7 Å². The summed E-state index contributed by atoms with van der Waals surface area (Å²) in [6, 6.07) is 15.8. The smallest absolute Gasteiger partial charge is 0.244 e. The van der Waals surface area contributed by atoms with E-state index in [0.717, 1.165) is 22.0 Å². The Morgan fingerprint density at radius 1 is 1.19 bits per heavy atom. The maximum absolute atomic E-state index is 12.4. The quantitative estimate of drug-likeness (QED) is 0.668. The fourth-order valence-electron chi connectivity index (χ4n) is 2.65. The molecule has 1 amide bonds. The van der Waals surface area contributed by atoms with Crippen molar-refractivity contribution in [3.63, 3.8) is 0 Å². The van der Waals surface area contributed by atoms with Crippen molar-refractivity contribution in [1.82, 2.24) is 25.5 Å². The zero-order chi connectivity index (χ0) is 18.5. The van der Waals surface area contributed by atoms with E-state index in [4.69, 9.17) is 0 Å². The SMILES string of the molecule is CC[C@@H](NC(=O)Cn1nnc(-c2ccccc2Br)n1)c1ccc(C)cc1. The number of carbonyl (C=O) groups excluding carboxylic acids is 1. The van der Waals surface area contributed by atoms with Crippen molar-refractivity contribution >= 4 is 21.8 Å². The summed E-state index contributed by atoms with van der Waals surface area (Å²) in [5.74, 6) is 0.337. The predicted octanol–water partition coefficient (Wildman–Crippen LogP) is 3.68. The van der Waals surface area contributed by atoms with E-state index in [1.54, 1.807) is 0 Å². The van der Waals surface area contributed by atoms with Gasteiger partial charge in [-0.05, 0) is 36.3 Å². The number of tetrazole rings is 1. The highest BCUT2D eigenvalue weighted by molar-refractivity contribution is 9.10. The molecule has 1 atom stereocenters. The summed E-state index contributed by atoms with van der Waals surface area (Å²) in [4.78, 5) is 13.7. The lowest BCUT2D eigenvalue weighted by Crippen LogP contribution is -2.32. The van der Waals surface area contributed by atoms with E-state index in [0.29, 0.717) is 5.82 Å². The lowest BCUT2D eigenvalue weighted by molar-refractivity contribution is -0.122. The summed E-state index contributed by atoms with van der Waals surface area (Å²) in [7, 11) is 0. The van der Waals surface area contributed by atoms with Crippen LogP contribution in [-0.4, -0.2) is 26.1 Å². The van der Waals surface area contributed by atoms with Gasteiger partial charge in [-0.15, -0.1) is 10.2 Å². The monoisotopic (exact) mass is 413 g/mol. The molecule has 0 aliphatic rings. The van der Waals surface area contributed by atoms with Crippen LogP contribution in [0.1, 0.15) is 30.5 Å². The minimum atomic E-state index is -0.145. The molecule has 26 heavy (non-hydrogen) atoms. The molecule has 3 aromatic rings. The highest BCUT2D eigenvalue weighted by atomic mass is 79.9. The molecule has 3 rings (SSSR count). The number of nitrogens with one attached hydrogen (secondary N) is 1. The van der Waals surface area contributed by atoms with Gasteiger partial charge in [-0.25, -0.2) is 0 Å². The third-order valence-corrected chi connectivity index (χ3v) is 4.77. The van der Waals surface area contributed by atoms with Crippen LogP contribution in [-0.2, 0) is 11.3 Å². The van der Waals surface area contributed by atoms with Crippen LogP contribution in [0.2, 0.25) is 0 Å². The van der Waals surface area contributed by atoms with E-state index in [9.17, 15) is 4.79 Å². The minimum absolute atomic E-state index is 0.0276. The first kappa shape index (κ1) is 18.3. The number of halogens is 1. The van der Waals surface area contributed by atoms with Crippen LogP contribution >= 0.6 is 15.9 Å². The number of aromatic nitrogens is 4. The number of benzene rings is 2. The van der Waals surface area contributed by atoms with Gasteiger partial charge in [0.1, 0.15) is 6.54 Å². The van der Waals surface area contributed by atoms with Gasteiger partial charge in [0.25, 0.3) is 0 Å². The third-order valence-electron chi connectivity index (χ3n) is 4.08. The fourth-order valence-corrected chi connectivity index (χ4v) is 3.11. The van der Waals surface area contributed by atoms with Gasteiger partial charge in [0.05, 0.1) is 6.04 Å². The average molecular weight is 414 g/mol. The predicted molar refractivity (Wildman–Crippen MR) is 103 cm³/mol. The number of aryl methyl sites for hydroxylation is 1. The van der Waals surface area contributed by atoms with Crippen LogP contribution in [0.4, 0.5) is 0 Å². The Morgan fingerprint density at radius 2 is 1.92 bits per heavy atom. The summed E-state index contributed by atoms with van der Waals surface area (Å²) >= 11 is 3.47. The molecular formula is C19H20BrN5O. The molecule has 0 aliphatic carbocycles. The van der Waals surface area contributed by atoms with Gasteiger partial charge >= 0.3 is 0 Å². The summed E-state index contributed by atoms with van der Waals surface area (Å²) in [6.45, 7) is 4.12. The van der Waals surface area contributed by atoms with Crippen LogP contribution in [0.15, 0.2) is 53.0 Å². The van der Waals surface area contributed by atoms with Gasteiger partial charge < -0.3 is 5.32 Å². The van der Waals surface area contributed by atoms with Gasteiger partial charge in [-0.1, -0.05) is 64.8 Å². The van der Waals surface area contributed by atoms with Gasteiger partial charge in [0, 0.05) is 10.0 Å². The average Bonchev–Trinajstić information content (AvgIpc) is 3.09. The molecule has 0 fully saturated rings. The van der Waals surface area contributed by atoms with Gasteiger partial charge in [-0.3, -0.25) is 4.79 Å². The van der Waals surface area contributed by atoms with Crippen molar-refractivity contribution in [2.24, 2.45) is 0 Å². The number of nitrogens with zero attached hydrogens (tertiary/aromatic N) is 4. The maximum Gasteiger partial charge on any atom is 0.244 e. The summed E-state index contributed by atoms with van der Waals surface area (Å²) in [5, 5.41) is 15.4. The number of carbonyl (C=O) groups is 1. The maximum atomic E-state index is 12.4. The Kier molecular flexibility index (Phi) is 5.78. The number of rotatable bonds is 6. The molecule has 6 nitrogen and oxygen atoms in total. The molecule has 0 aliphatic heterocycles. The summed E-state index contributed by atoms with van der Waals surface area (Å²) in [5.41, 5.74) is 3.12. The van der Waals surface area contributed by atoms with E-state index in [1.807, 2.05) is 62.4 Å². The molecule has 7 heteroatoms. The largest absolute Gasteiger partial charge is 0.348 e. The van der Waals surface area contributed by atoms with Crippen molar-refractivity contribution in [1.29, 1.82) is 0 Å². The molecule has 0 spiro atoms. The van der Waals surface area contributed by atoms with Crippen molar-refractivity contribution in [3.05, 3.63) is 64.1 Å². The highest BCUT2D eigenvalue weighted by Crippen LogP contribution is 2.24. The van der Waals surface area contributed by atoms with Gasteiger partial charge in [-0.2, -0.15) is 4.80 Å². The molecule has 1 aromatic heterocycles. The highest BCUT2D eigenvalue weighted by Gasteiger charge is 2.15. The lowest BCUT2D eigenvalue weighted by atomic mass is 10.0. The van der Waals surface area contributed by atoms with Crippen molar-refractivity contribution in [2.75, 3.05) is 0 Å².